The van der Waals surface area contributed by atoms with Crippen LogP contribution in [0.25, 0.3) is 16.9 Å². The van der Waals surface area contributed by atoms with Crippen LogP contribution in [0.3, 0.4) is 0 Å². The Balaban J connectivity index is 1.34. The molecule has 1 aromatic carbocycles. The number of likely N-dealkylation sites (tertiary alicyclic amines) is 1. The number of anilines is 1. The molecule has 8 nitrogen and oxygen atoms in total. The summed E-state index contributed by atoms with van der Waals surface area (Å²) in [6.45, 7) is 7.30. The first-order chi connectivity index (χ1) is 16.5. The Morgan fingerprint density at radius 2 is 1.91 bits per heavy atom. The number of nitrogens with one attached hydrogen (secondary N) is 2. The SMILES string of the molecule is CCN1CCC(Nc2cncc(-c3cn(-c4cc(C(=O)NC5CC5)c(F)cc4C)nn3)c2)CC1. The minimum absolute atomic E-state index is 0.0199. The monoisotopic (exact) mass is 463 g/mol. The number of hydrogen-bond acceptors (Lipinski definition) is 6. The Bertz CT molecular complexity index is 1180. The zero-order valence-corrected chi connectivity index (χ0v) is 19.6. The summed E-state index contributed by atoms with van der Waals surface area (Å²) < 4.78 is 16.1. The highest BCUT2D eigenvalue weighted by Gasteiger charge is 2.26. The van der Waals surface area contributed by atoms with E-state index in [1.807, 2.05) is 12.3 Å². The highest BCUT2D eigenvalue weighted by molar-refractivity contribution is 5.95. The number of nitrogens with zero attached hydrogens (tertiary/aromatic N) is 5. The Labute approximate surface area is 198 Å². The third-order valence-corrected chi connectivity index (χ3v) is 6.62. The van der Waals surface area contributed by atoms with Gasteiger partial charge in [0.25, 0.3) is 5.91 Å². The summed E-state index contributed by atoms with van der Waals surface area (Å²) in [6, 6.07) is 5.52. The van der Waals surface area contributed by atoms with Gasteiger partial charge < -0.3 is 15.5 Å². The summed E-state index contributed by atoms with van der Waals surface area (Å²) in [4.78, 5) is 19.3. The molecule has 1 saturated carbocycles. The van der Waals surface area contributed by atoms with Gasteiger partial charge in [0.1, 0.15) is 11.5 Å². The van der Waals surface area contributed by atoms with E-state index >= 15 is 0 Å². The highest BCUT2D eigenvalue weighted by Crippen LogP contribution is 2.25. The lowest BCUT2D eigenvalue weighted by molar-refractivity contribution is 0.0947. The molecule has 2 aromatic heterocycles. The van der Waals surface area contributed by atoms with E-state index in [1.165, 1.54) is 6.07 Å². The van der Waals surface area contributed by atoms with E-state index < -0.39 is 11.7 Å². The molecule has 0 unspecified atom stereocenters. The van der Waals surface area contributed by atoms with Gasteiger partial charge in [-0.25, -0.2) is 9.07 Å². The summed E-state index contributed by atoms with van der Waals surface area (Å²) >= 11 is 0. The third kappa shape index (κ3) is 4.94. The van der Waals surface area contributed by atoms with Crippen LogP contribution in [0.2, 0.25) is 0 Å². The minimum atomic E-state index is -0.535. The molecule has 0 bridgehead atoms. The third-order valence-electron chi connectivity index (χ3n) is 6.62. The first kappa shape index (κ1) is 22.5. The maximum Gasteiger partial charge on any atom is 0.254 e. The largest absolute Gasteiger partial charge is 0.381 e. The normalized spacial score (nSPS) is 17.0. The van der Waals surface area contributed by atoms with Crippen molar-refractivity contribution >= 4 is 11.6 Å². The van der Waals surface area contributed by atoms with Gasteiger partial charge in [0.15, 0.2) is 0 Å². The van der Waals surface area contributed by atoms with Gasteiger partial charge in [-0.1, -0.05) is 12.1 Å². The van der Waals surface area contributed by atoms with Crippen molar-refractivity contribution in [2.75, 3.05) is 25.0 Å². The molecule has 178 valence electrons. The molecule has 2 aliphatic rings. The number of benzene rings is 1. The van der Waals surface area contributed by atoms with Crippen molar-refractivity contribution in [3.8, 4) is 16.9 Å². The van der Waals surface area contributed by atoms with Crippen LogP contribution in [0.1, 0.15) is 48.5 Å². The van der Waals surface area contributed by atoms with Crippen molar-refractivity contribution in [1.29, 1.82) is 0 Å². The molecule has 5 rings (SSSR count). The van der Waals surface area contributed by atoms with Gasteiger partial charge in [-0.3, -0.25) is 9.78 Å². The molecule has 2 N–H and O–H groups in total. The van der Waals surface area contributed by atoms with Gasteiger partial charge in [0.2, 0.25) is 0 Å². The average Bonchev–Trinajstić information content (AvgIpc) is 3.51. The molecule has 1 aliphatic heterocycles. The van der Waals surface area contributed by atoms with Gasteiger partial charge >= 0.3 is 0 Å². The van der Waals surface area contributed by atoms with Crippen LogP contribution < -0.4 is 10.6 Å². The van der Waals surface area contributed by atoms with Crippen LogP contribution in [0.15, 0.2) is 36.8 Å². The Morgan fingerprint density at radius 1 is 1.12 bits per heavy atom. The second kappa shape index (κ2) is 9.50. The zero-order chi connectivity index (χ0) is 23.7. The fourth-order valence-electron chi connectivity index (χ4n) is 4.37. The number of hydrogen-bond donors (Lipinski definition) is 2. The van der Waals surface area contributed by atoms with Gasteiger partial charge in [-0.15, -0.1) is 5.10 Å². The molecule has 1 aliphatic carbocycles. The predicted octanol–water partition coefficient (Wildman–Crippen LogP) is 3.57. The lowest BCUT2D eigenvalue weighted by atomic mass is 10.0. The lowest BCUT2D eigenvalue weighted by Gasteiger charge is -2.31. The quantitative estimate of drug-likeness (QED) is 0.557. The molecular weight excluding hydrogens is 433 g/mol. The lowest BCUT2D eigenvalue weighted by Crippen LogP contribution is -2.38. The van der Waals surface area contributed by atoms with Crippen LogP contribution in [-0.2, 0) is 0 Å². The van der Waals surface area contributed by atoms with E-state index in [0.717, 1.165) is 56.6 Å². The first-order valence-electron chi connectivity index (χ1n) is 12.0. The second-order valence-corrected chi connectivity index (χ2v) is 9.23. The van der Waals surface area contributed by atoms with E-state index in [4.69, 9.17) is 0 Å². The maximum absolute atomic E-state index is 14.5. The van der Waals surface area contributed by atoms with Crippen LogP contribution in [0.5, 0.6) is 0 Å². The molecule has 1 saturated heterocycles. The van der Waals surface area contributed by atoms with Crippen molar-refractivity contribution in [3.63, 3.8) is 0 Å². The number of amides is 1. The van der Waals surface area contributed by atoms with Crippen molar-refractivity contribution in [2.24, 2.45) is 0 Å². The van der Waals surface area contributed by atoms with Crippen LogP contribution in [-0.4, -0.2) is 62.5 Å². The summed E-state index contributed by atoms with van der Waals surface area (Å²) in [7, 11) is 0. The number of pyridine rings is 1. The van der Waals surface area contributed by atoms with Crippen LogP contribution in [0.4, 0.5) is 10.1 Å². The average molecular weight is 464 g/mol. The first-order valence-corrected chi connectivity index (χ1v) is 12.0. The summed E-state index contributed by atoms with van der Waals surface area (Å²) in [5.41, 5.74) is 3.76. The van der Waals surface area contributed by atoms with Gasteiger partial charge in [-0.05, 0) is 62.9 Å². The molecule has 9 heteroatoms. The fourth-order valence-corrected chi connectivity index (χ4v) is 4.37. The van der Waals surface area contributed by atoms with Crippen LogP contribution in [0, 0.1) is 12.7 Å². The second-order valence-electron chi connectivity index (χ2n) is 9.23. The van der Waals surface area contributed by atoms with E-state index in [2.05, 4.69) is 37.8 Å². The number of aromatic nitrogens is 4. The maximum atomic E-state index is 14.5. The van der Waals surface area contributed by atoms with E-state index in [1.54, 1.807) is 30.1 Å². The minimum Gasteiger partial charge on any atom is -0.381 e. The number of carbonyl (C=O) groups excluding carboxylic acids is 1. The Morgan fingerprint density at radius 3 is 2.65 bits per heavy atom. The fraction of sp³-hybridized carbons (Fsp3) is 0.440. The number of halogens is 1. The van der Waals surface area contributed by atoms with Crippen LogP contribution >= 0.6 is 0 Å². The molecule has 1 amide bonds. The molecule has 34 heavy (non-hydrogen) atoms. The molecule has 3 aromatic rings. The number of rotatable bonds is 7. The molecular formula is C25H30FN7O. The molecule has 2 fully saturated rings. The molecule has 3 heterocycles. The molecule has 0 atom stereocenters. The molecule has 0 radical (unpaired) electrons. The number of piperidine rings is 1. The van der Waals surface area contributed by atoms with Crippen molar-refractivity contribution in [3.05, 3.63) is 53.7 Å². The summed E-state index contributed by atoms with van der Waals surface area (Å²) in [5.74, 6) is -0.929. The summed E-state index contributed by atoms with van der Waals surface area (Å²) in [6.07, 6.45) is 9.46. The highest BCUT2D eigenvalue weighted by atomic mass is 19.1. The van der Waals surface area contributed by atoms with Crippen molar-refractivity contribution < 1.29 is 9.18 Å². The molecule has 0 spiro atoms. The van der Waals surface area contributed by atoms with Gasteiger partial charge in [-0.2, -0.15) is 0 Å². The number of carbonyl (C=O) groups is 1. The topological polar surface area (TPSA) is 88.0 Å². The van der Waals surface area contributed by atoms with Gasteiger partial charge in [0.05, 0.1) is 23.1 Å². The standard InChI is InChI=1S/C25H30FN7O/c1-3-32-8-6-19(7-9-32)28-20-11-17(13-27-14-20)23-15-33(31-30-23)24-12-21(22(26)10-16(24)2)25(34)29-18-4-5-18/h10-15,18-19,28H,3-9H2,1-2H3,(H,29,34). The van der Waals surface area contributed by atoms with Crippen molar-refractivity contribution in [1.82, 2.24) is 30.2 Å². The van der Waals surface area contributed by atoms with E-state index in [9.17, 15) is 9.18 Å². The Kier molecular flexibility index (Phi) is 6.28. The zero-order valence-electron chi connectivity index (χ0n) is 19.6. The number of aryl methyl sites for hydroxylation is 1. The smallest absolute Gasteiger partial charge is 0.254 e. The van der Waals surface area contributed by atoms with Crippen molar-refractivity contribution in [2.45, 2.75) is 51.6 Å². The predicted molar refractivity (Wildman–Crippen MR) is 129 cm³/mol. The van der Waals surface area contributed by atoms with E-state index in [-0.39, 0.29) is 11.6 Å². The van der Waals surface area contributed by atoms with E-state index in [0.29, 0.717) is 23.0 Å². The Hall–Kier alpha value is -3.33. The summed E-state index contributed by atoms with van der Waals surface area (Å²) in [5, 5.41) is 15.0. The van der Waals surface area contributed by atoms with Gasteiger partial charge in [0, 0.05) is 43.1 Å².